The number of likely N-dealkylation sites (tertiary alicyclic amines) is 1. The van der Waals surface area contributed by atoms with Crippen LogP contribution in [0.1, 0.15) is 13.3 Å². The lowest BCUT2D eigenvalue weighted by Crippen LogP contribution is -2.55. The van der Waals surface area contributed by atoms with E-state index in [1.54, 1.807) is 6.92 Å². The third-order valence-corrected chi connectivity index (χ3v) is 3.31. The van der Waals surface area contributed by atoms with Crippen molar-refractivity contribution >= 4 is 11.9 Å². The highest BCUT2D eigenvalue weighted by Gasteiger charge is 2.52. The van der Waals surface area contributed by atoms with Crippen LogP contribution in [0.4, 0.5) is 4.79 Å². The van der Waals surface area contributed by atoms with E-state index < -0.39 is 18.0 Å². The third-order valence-electron chi connectivity index (χ3n) is 3.31. The molecule has 7 heteroatoms. The Morgan fingerprint density at radius 2 is 2.16 bits per heavy atom. The minimum absolute atomic E-state index is 0.0181. The number of piperidine rings is 1. The Balaban J connectivity index is 2.15. The van der Waals surface area contributed by atoms with Gasteiger partial charge in [-0.25, -0.2) is 4.79 Å². The van der Waals surface area contributed by atoms with Crippen LogP contribution >= 0.6 is 0 Å². The average molecular weight is 273 g/mol. The number of amides is 1. The Bertz CT molecular complexity index is 352. The van der Waals surface area contributed by atoms with Gasteiger partial charge in [0.15, 0.2) is 0 Å². The summed E-state index contributed by atoms with van der Waals surface area (Å²) < 4.78 is 21.2. The fraction of sp³-hybridized carbons (Fsp3) is 0.833. The SMILES string of the molecule is CCOC1(C2CN(C(=O)OC)CCC2=O)OCCO1. The molecule has 0 spiro atoms. The van der Waals surface area contributed by atoms with Crippen molar-refractivity contribution in [3.8, 4) is 0 Å². The molecule has 1 amide bonds. The van der Waals surface area contributed by atoms with Gasteiger partial charge in [0.05, 0.1) is 20.3 Å². The van der Waals surface area contributed by atoms with Crippen LogP contribution in [0.25, 0.3) is 0 Å². The van der Waals surface area contributed by atoms with E-state index in [4.69, 9.17) is 14.2 Å². The first-order valence-electron chi connectivity index (χ1n) is 6.40. The number of carbonyl (C=O) groups excluding carboxylic acids is 2. The summed E-state index contributed by atoms with van der Waals surface area (Å²) in [5.74, 6) is -2.00. The van der Waals surface area contributed by atoms with Crippen LogP contribution < -0.4 is 0 Å². The molecule has 108 valence electrons. The highest BCUT2D eigenvalue weighted by atomic mass is 16.9. The van der Waals surface area contributed by atoms with Gasteiger partial charge in [-0.05, 0) is 6.92 Å². The molecule has 7 nitrogen and oxygen atoms in total. The fourth-order valence-corrected chi connectivity index (χ4v) is 2.43. The molecule has 0 radical (unpaired) electrons. The second-order valence-corrected chi connectivity index (χ2v) is 4.42. The third kappa shape index (κ3) is 2.72. The number of ketones is 1. The smallest absolute Gasteiger partial charge is 0.409 e. The van der Waals surface area contributed by atoms with Crippen molar-refractivity contribution in [3.63, 3.8) is 0 Å². The van der Waals surface area contributed by atoms with Crippen molar-refractivity contribution in [2.24, 2.45) is 5.92 Å². The molecule has 2 heterocycles. The number of ether oxygens (including phenoxy) is 4. The zero-order valence-electron chi connectivity index (χ0n) is 11.2. The van der Waals surface area contributed by atoms with Gasteiger partial charge in [0.1, 0.15) is 11.7 Å². The molecule has 2 aliphatic heterocycles. The van der Waals surface area contributed by atoms with Crippen LogP contribution in [-0.4, -0.2) is 62.8 Å². The Morgan fingerprint density at radius 3 is 2.74 bits per heavy atom. The van der Waals surface area contributed by atoms with Crippen molar-refractivity contribution in [2.45, 2.75) is 19.3 Å². The van der Waals surface area contributed by atoms with Crippen LogP contribution in [0.15, 0.2) is 0 Å². The van der Waals surface area contributed by atoms with Crippen LogP contribution in [-0.2, 0) is 23.7 Å². The molecular formula is C12H19NO6. The quantitative estimate of drug-likeness (QED) is 0.740. The Hall–Kier alpha value is -1.18. The van der Waals surface area contributed by atoms with E-state index in [2.05, 4.69) is 4.74 Å². The first-order valence-corrected chi connectivity index (χ1v) is 6.40. The maximum Gasteiger partial charge on any atom is 0.409 e. The van der Waals surface area contributed by atoms with Gasteiger partial charge in [0.25, 0.3) is 5.97 Å². The van der Waals surface area contributed by atoms with E-state index >= 15 is 0 Å². The highest BCUT2D eigenvalue weighted by Crippen LogP contribution is 2.34. The Kier molecular flexibility index (Phi) is 4.38. The first-order chi connectivity index (χ1) is 9.13. The number of hydrogen-bond donors (Lipinski definition) is 0. The Labute approximate surface area is 111 Å². The minimum atomic E-state index is -1.35. The summed E-state index contributed by atoms with van der Waals surface area (Å²) in [6.45, 7) is 3.46. The average Bonchev–Trinajstić information content (AvgIpc) is 2.88. The number of hydrogen-bond acceptors (Lipinski definition) is 6. The molecule has 0 aliphatic carbocycles. The number of rotatable bonds is 3. The molecule has 0 saturated carbocycles. The van der Waals surface area contributed by atoms with E-state index in [1.165, 1.54) is 12.0 Å². The van der Waals surface area contributed by atoms with Crippen molar-refractivity contribution in [1.29, 1.82) is 0 Å². The lowest BCUT2D eigenvalue weighted by atomic mass is 9.94. The largest absolute Gasteiger partial charge is 0.453 e. The molecule has 0 aromatic carbocycles. The number of Topliss-reactive ketones (excluding diaryl/α,β-unsaturated/α-hetero) is 1. The van der Waals surface area contributed by atoms with E-state index in [-0.39, 0.29) is 18.7 Å². The summed E-state index contributed by atoms with van der Waals surface area (Å²) in [6, 6.07) is 0. The first kappa shape index (κ1) is 14.2. The molecule has 2 fully saturated rings. The van der Waals surface area contributed by atoms with Crippen LogP contribution in [0.3, 0.4) is 0 Å². The van der Waals surface area contributed by atoms with Crippen molar-refractivity contribution in [1.82, 2.24) is 4.90 Å². The van der Waals surface area contributed by atoms with E-state index in [0.29, 0.717) is 26.4 Å². The highest BCUT2D eigenvalue weighted by molar-refractivity contribution is 5.84. The summed E-state index contributed by atoms with van der Waals surface area (Å²) in [7, 11) is 1.31. The molecule has 2 aliphatic rings. The summed E-state index contributed by atoms with van der Waals surface area (Å²) in [5, 5.41) is 0. The van der Waals surface area contributed by atoms with Gasteiger partial charge in [-0.15, -0.1) is 0 Å². The summed E-state index contributed by atoms with van der Waals surface area (Å²) >= 11 is 0. The zero-order valence-corrected chi connectivity index (χ0v) is 11.2. The maximum absolute atomic E-state index is 12.1. The lowest BCUT2D eigenvalue weighted by molar-refractivity contribution is -0.352. The maximum atomic E-state index is 12.1. The monoisotopic (exact) mass is 273 g/mol. The van der Waals surface area contributed by atoms with Crippen LogP contribution in [0, 0.1) is 5.92 Å². The standard InChI is InChI=1S/C12H19NO6/c1-3-17-12(18-6-7-19-12)9-8-13(11(15)16-2)5-4-10(9)14/h9H,3-8H2,1-2H3. The molecule has 0 bridgehead atoms. The van der Waals surface area contributed by atoms with Crippen LogP contribution in [0.2, 0.25) is 0 Å². The van der Waals surface area contributed by atoms with Crippen LogP contribution in [0.5, 0.6) is 0 Å². The number of methoxy groups -OCH3 is 1. The fourth-order valence-electron chi connectivity index (χ4n) is 2.43. The van der Waals surface area contributed by atoms with Gasteiger partial charge in [0.2, 0.25) is 0 Å². The normalized spacial score (nSPS) is 26.5. The van der Waals surface area contributed by atoms with Crippen molar-refractivity contribution in [2.75, 3.05) is 40.0 Å². The van der Waals surface area contributed by atoms with Gasteiger partial charge >= 0.3 is 6.09 Å². The van der Waals surface area contributed by atoms with Gasteiger partial charge < -0.3 is 23.8 Å². The molecular weight excluding hydrogens is 254 g/mol. The van der Waals surface area contributed by atoms with E-state index in [9.17, 15) is 9.59 Å². The molecule has 0 aromatic rings. The van der Waals surface area contributed by atoms with Gasteiger partial charge in [0, 0.05) is 26.1 Å². The predicted molar refractivity (Wildman–Crippen MR) is 63.4 cm³/mol. The molecule has 2 rings (SSSR count). The predicted octanol–water partition coefficient (Wildman–Crippen LogP) is 0.381. The summed E-state index contributed by atoms with van der Waals surface area (Å²) in [4.78, 5) is 25.1. The Morgan fingerprint density at radius 1 is 1.47 bits per heavy atom. The minimum Gasteiger partial charge on any atom is -0.453 e. The molecule has 0 aromatic heterocycles. The van der Waals surface area contributed by atoms with Gasteiger partial charge in [-0.1, -0.05) is 0 Å². The summed E-state index contributed by atoms with van der Waals surface area (Å²) in [6.07, 6.45) is -0.205. The second kappa shape index (κ2) is 5.85. The molecule has 19 heavy (non-hydrogen) atoms. The van der Waals surface area contributed by atoms with E-state index in [1.807, 2.05) is 0 Å². The molecule has 1 unspecified atom stereocenters. The molecule has 2 saturated heterocycles. The van der Waals surface area contributed by atoms with Gasteiger partial charge in [-0.2, -0.15) is 0 Å². The zero-order chi connectivity index (χ0) is 13.9. The number of nitrogens with zero attached hydrogens (tertiary/aromatic N) is 1. The molecule has 0 N–H and O–H groups in total. The number of carbonyl (C=O) groups is 2. The molecule has 1 atom stereocenters. The summed E-state index contributed by atoms with van der Waals surface area (Å²) in [5.41, 5.74) is 0. The second-order valence-electron chi connectivity index (χ2n) is 4.42. The van der Waals surface area contributed by atoms with Gasteiger partial charge in [-0.3, -0.25) is 4.79 Å². The van der Waals surface area contributed by atoms with Crippen molar-refractivity contribution < 1.29 is 28.5 Å². The van der Waals surface area contributed by atoms with Crippen molar-refractivity contribution in [3.05, 3.63) is 0 Å². The van der Waals surface area contributed by atoms with E-state index in [0.717, 1.165) is 0 Å². The topological polar surface area (TPSA) is 74.3 Å². The lowest BCUT2D eigenvalue weighted by Gasteiger charge is -2.39.